The first-order valence-electron chi connectivity index (χ1n) is 6.21. The summed E-state index contributed by atoms with van der Waals surface area (Å²) in [7, 11) is 1.41. The molecule has 0 aromatic heterocycles. The van der Waals surface area contributed by atoms with Gasteiger partial charge in [0, 0.05) is 11.5 Å². The van der Waals surface area contributed by atoms with Crippen molar-refractivity contribution in [2.45, 2.75) is 45.6 Å². The lowest BCUT2D eigenvalue weighted by molar-refractivity contribution is -0.142. The Labute approximate surface area is 109 Å². The van der Waals surface area contributed by atoms with Crippen molar-refractivity contribution in [1.29, 1.82) is 0 Å². The fourth-order valence-electron chi connectivity index (χ4n) is 2.33. The highest BCUT2D eigenvalue weighted by Crippen LogP contribution is 2.33. The molecule has 1 rings (SSSR count). The lowest BCUT2D eigenvalue weighted by Crippen LogP contribution is -2.43. The van der Waals surface area contributed by atoms with Gasteiger partial charge in [-0.3, -0.25) is 4.79 Å². The van der Waals surface area contributed by atoms with Gasteiger partial charge >= 0.3 is 5.97 Å². The van der Waals surface area contributed by atoms with Gasteiger partial charge in [-0.2, -0.15) is 0 Å². The maximum atomic E-state index is 11.6. The molecule has 18 heavy (non-hydrogen) atoms. The van der Waals surface area contributed by atoms with Crippen molar-refractivity contribution in [1.82, 2.24) is 0 Å². The second kappa shape index (κ2) is 5.53. The van der Waals surface area contributed by atoms with E-state index >= 15 is 0 Å². The van der Waals surface area contributed by atoms with Gasteiger partial charge in [-0.1, -0.05) is 30.7 Å². The lowest BCUT2D eigenvalue weighted by atomic mass is 9.72. The SMILES string of the molecule is COC(=O)CC(C)(c1ccc(C)cc1C)C(C)N. The second-order valence-corrected chi connectivity index (χ2v) is 5.28. The van der Waals surface area contributed by atoms with Crippen LogP contribution in [0.3, 0.4) is 0 Å². The van der Waals surface area contributed by atoms with E-state index in [-0.39, 0.29) is 12.0 Å². The predicted octanol–water partition coefficient (Wildman–Crippen LogP) is 2.47. The van der Waals surface area contributed by atoms with Gasteiger partial charge < -0.3 is 10.5 Å². The highest BCUT2D eigenvalue weighted by atomic mass is 16.5. The summed E-state index contributed by atoms with van der Waals surface area (Å²) >= 11 is 0. The highest BCUT2D eigenvalue weighted by molar-refractivity contribution is 5.71. The average molecular weight is 249 g/mol. The monoisotopic (exact) mass is 249 g/mol. The standard InChI is InChI=1S/C15H23NO2/c1-10-6-7-13(11(2)8-10)15(4,12(3)16)9-14(17)18-5/h6-8,12H,9,16H2,1-5H3. The summed E-state index contributed by atoms with van der Waals surface area (Å²) in [5.41, 5.74) is 9.20. The molecule has 0 aliphatic heterocycles. The first-order chi connectivity index (χ1) is 8.31. The third-order valence-electron chi connectivity index (χ3n) is 3.74. The number of hydrogen-bond donors (Lipinski definition) is 1. The molecule has 0 saturated carbocycles. The van der Waals surface area contributed by atoms with Crippen LogP contribution in [0.5, 0.6) is 0 Å². The van der Waals surface area contributed by atoms with E-state index in [9.17, 15) is 4.79 Å². The minimum atomic E-state index is -0.398. The van der Waals surface area contributed by atoms with E-state index in [1.165, 1.54) is 18.2 Å². The van der Waals surface area contributed by atoms with Crippen LogP contribution in [0.1, 0.15) is 37.0 Å². The molecule has 0 fully saturated rings. The molecule has 0 heterocycles. The third-order valence-corrected chi connectivity index (χ3v) is 3.74. The van der Waals surface area contributed by atoms with Gasteiger partial charge in [0.2, 0.25) is 0 Å². The molecule has 3 heteroatoms. The van der Waals surface area contributed by atoms with Gasteiger partial charge in [-0.05, 0) is 31.9 Å². The third kappa shape index (κ3) is 2.91. The molecular weight excluding hydrogens is 226 g/mol. The predicted molar refractivity (Wildman–Crippen MR) is 73.6 cm³/mol. The fraction of sp³-hybridized carbons (Fsp3) is 0.533. The normalized spacial score (nSPS) is 15.9. The van der Waals surface area contributed by atoms with Crippen LogP contribution in [0.2, 0.25) is 0 Å². The zero-order chi connectivity index (χ0) is 13.9. The summed E-state index contributed by atoms with van der Waals surface area (Å²) in [6.45, 7) is 8.06. The lowest BCUT2D eigenvalue weighted by Gasteiger charge is -2.34. The first kappa shape index (κ1) is 14.7. The van der Waals surface area contributed by atoms with Crippen molar-refractivity contribution in [3.8, 4) is 0 Å². The molecule has 1 aromatic rings. The molecule has 1 aromatic carbocycles. The Kier molecular flexibility index (Phi) is 4.52. The van der Waals surface area contributed by atoms with E-state index < -0.39 is 5.41 Å². The number of hydrogen-bond acceptors (Lipinski definition) is 3. The summed E-state index contributed by atoms with van der Waals surface area (Å²) in [6.07, 6.45) is 0.297. The summed E-state index contributed by atoms with van der Waals surface area (Å²) in [5, 5.41) is 0. The van der Waals surface area contributed by atoms with Crippen LogP contribution in [0.25, 0.3) is 0 Å². The van der Waals surface area contributed by atoms with Crippen LogP contribution in [-0.4, -0.2) is 19.1 Å². The van der Waals surface area contributed by atoms with Gasteiger partial charge in [-0.25, -0.2) is 0 Å². The number of rotatable bonds is 4. The number of nitrogens with two attached hydrogens (primary N) is 1. The number of ether oxygens (including phenoxy) is 1. The van der Waals surface area contributed by atoms with E-state index in [1.54, 1.807) is 0 Å². The van der Waals surface area contributed by atoms with Crippen LogP contribution in [0.15, 0.2) is 18.2 Å². The number of esters is 1. The van der Waals surface area contributed by atoms with Crippen LogP contribution < -0.4 is 5.73 Å². The largest absolute Gasteiger partial charge is 0.469 e. The van der Waals surface area contributed by atoms with Crippen molar-refractivity contribution in [2.24, 2.45) is 5.73 Å². The van der Waals surface area contributed by atoms with Crippen molar-refractivity contribution in [3.05, 3.63) is 34.9 Å². The number of aryl methyl sites for hydroxylation is 2. The van der Waals surface area contributed by atoms with E-state index in [0.717, 1.165) is 5.56 Å². The summed E-state index contributed by atoms with van der Waals surface area (Å²) < 4.78 is 4.79. The van der Waals surface area contributed by atoms with Gasteiger partial charge in [-0.15, -0.1) is 0 Å². The maximum Gasteiger partial charge on any atom is 0.306 e. The number of benzene rings is 1. The molecule has 2 unspecified atom stereocenters. The summed E-state index contributed by atoms with van der Waals surface area (Å²) in [5.74, 6) is -0.227. The molecular formula is C15H23NO2. The zero-order valence-corrected chi connectivity index (χ0v) is 11.9. The molecule has 2 atom stereocenters. The maximum absolute atomic E-state index is 11.6. The van der Waals surface area contributed by atoms with E-state index in [0.29, 0.717) is 6.42 Å². The number of carbonyl (C=O) groups is 1. The quantitative estimate of drug-likeness (QED) is 0.834. The smallest absolute Gasteiger partial charge is 0.306 e. The zero-order valence-electron chi connectivity index (χ0n) is 11.9. The van der Waals surface area contributed by atoms with E-state index in [1.807, 2.05) is 13.8 Å². The molecule has 2 N–H and O–H groups in total. The topological polar surface area (TPSA) is 52.3 Å². The Morgan fingerprint density at radius 2 is 2.06 bits per heavy atom. The van der Waals surface area contributed by atoms with Crippen LogP contribution in [0.4, 0.5) is 0 Å². The van der Waals surface area contributed by atoms with E-state index in [4.69, 9.17) is 10.5 Å². The molecule has 0 spiro atoms. The molecule has 3 nitrogen and oxygen atoms in total. The van der Waals surface area contributed by atoms with Crippen LogP contribution in [-0.2, 0) is 14.9 Å². The van der Waals surface area contributed by atoms with Gasteiger partial charge in [0.25, 0.3) is 0 Å². The Morgan fingerprint density at radius 3 is 2.50 bits per heavy atom. The van der Waals surface area contributed by atoms with Crippen molar-refractivity contribution >= 4 is 5.97 Å². The Bertz CT molecular complexity index is 440. The first-order valence-corrected chi connectivity index (χ1v) is 6.21. The molecule has 0 aliphatic rings. The Hall–Kier alpha value is -1.35. The number of carbonyl (C=O) groups excluding carboxylic acids is 1. The molecule has 100 valence electrons. The molecule has 0 radical (unpaired) electrons. The van der Waals surface area contributed by atoms with Crippen molar-refractivity contribution in [2.75, 3.05) is 7.11 Å². The molecule has 0 saturated heterocycles. The van der Waals surface area contributed by atoms with Gasteiger partial charge in [0.15, 0.2) is 0 Å². The number of methoxy groups -OCH3 is 1. The van der Waals surface area contributed by atoms with Crippen molar-refractivity contribution in [3.63, 3.8) is 0 Å². The van der Waals surface area contributed by atoms with Crippen LogP contribution >= 0.6 is 0 Å². The highest BCUT2D eigenvalue weighted by Gasteiger charge is 2.35. The molecule has 0 bridgehead atoms. The molecule has 0 amide bonds. The minimum absolute atomic E-state index is 0.127. The minimum Gasteiger partial charge on any atom is -0.469 e. The summed E-state index contributed by atoms with van der Waals surface area (Å²) in [4.78, 5) is 11.6. The van der Waals surface area contributed by atoms with E-state index in [2.05, 4.69) is 32.0 Å². The van der Waals surface area contributed by atoms with Crippen molar-refractivity contribution < 1.29 is 9.53 Å². The van der Waals surface area contributed by atoms with Gasteiger partial charge in [0.05, 0.1) is 13.5 Å². The average Bonchev–Trinajstić information content (AvgIpc) is 2.28. The Balaban J connectivity index is 3.22. The second-order valence-electron chi connectivity index (χ2n) is 5.28. The molecule has 0 aliphatic carbocycles. The van der Waals surface area contributed by atoms with Crippen LogP contribution in [0, 0.1) is 13.8 Å². The Morgan fingerprint density at radius 1 is 1.44 bits per heavy atom. The van der Waals surface area contributed by atoms with Gasteiger partial charge in [0.1, 0.15) is 0 Å². The summed E-state index contributed by atoms with van der Waals surface area (Å²) in [6, 6.07) is 6.11. The fourth-order valence-corrected chi connectivity index (χ4v) is 2.33.